The molecule has 1 aliphatic rings. The maximum Gasteiger partial charge on any atom is 0.406 e. The third-order valence-corrected chi connectivity index (χ3v) is 7.62. The van der Waals surface area contributed by atoms with Gasteiger partial charge in [-0.3, -0.25) is 4.21 Å². The highest BCUT2D eigenvalue weighted by atomic mass is 32.2. The average molecular weight is 547 g/mol. The van der Waals surface area contributed by atoms with E-state index >= 15 is 0 Å². The van der Waals surface area contributed by atoms with Crippen molar-refractivity contribution < 1.29 is 21.9 Å². The fraction of sp³-hybridized carbons (Fsp3) is 0.385. The van der Waals surface area contributed by atoms with Gasteiger partial charge in [0.15, 0.2) is 5.82 Å². The number of benzene rings is 2. The number of halogens is 3. The van der Waals surface area contributed by atoms with E-state index in [2.05, 4.69) is 32.7 Å². The first kappa shape index (κ1) is 26.2. The largest absolute Gasteiger partial charge is 0.406 e. The quantitative estimate of drug-likeness (QED) is 0.318. The van der Waals surface area contributed by atoms with Gasteiger partial charge in [-0.2, -0.15) is 18.2 Å². The van der Waals surface area contributed by atoms with E-state index < -0.39 is 23.5 Å². The zero-order valence-corrected chi connectivity index (χ0v) is 21.9. The minimum atomic E-state index is -4.43. The van der Waals surface area contributed by atoms with Crippen molar-refractivity contribution >= 4 is 33.1 Å². The molecule has 1 saturated heterocycles. The predicted octanol–water partition coefficient (Wildman–Crippen LogP) is 5.11. The van der Waals surface area contributed by atoms with E-state index in [0.717, 1.165) is 37.3 Å². The molecule has 202 valence electrons. The average Bonchev–Trinajstić information content (AvgIpc) is 3.49. The van der Waals surface area contributed by atoms with Crippen molar-refractivity contribution in [3.05, 3.63) is 54.4 Å². The van der Waals surface area contributed by atoms with Crippen LogP contribution in [0.5, 0.6) is 0 Å². The molecular formula is C26H29F3N6O2S. The van der Waals surface area contributed by atoms with Crippen LogP contribution >= 0.6 is 0 Å². The molecule has 0 saturated carbocycles. The smallest absolute Gasteiger partial charge is 0.382 e. The number of alkyl halides is 3. The van der Waals surface area contributed by atoms with Gasteiger partial charge < -0.3 is 24.6 Å². The SMILES string of the molecule is CN1CCC(Nc2cccc3c2cc(-c2nc(CNc4ccc(S(C)=O)cc4)no2)n3CC(F)(F)F)CC1. The van der Waals surface area contributed by atoms with Gasteiger partial charge in [0.25, 0.3) is 5.89 Å². The molecule has 3 heterocycles. The van der Waals surface area contributed by atoms with Crippen molar-refractivity contribution in [1.82, 2.24) is 19.6 Å². The summed E-state index contributed by atoms with van der Waals surface area (Å²) in [6.45, 7) is 0.967. The minimum absolute atomic E-state index is 0.0178. The van der Waals surface area contributed by atoms with Gasteiger partial charge in [-0.25, -0.2) is 0 Å². The summed E-state index contributed by atoms with van der Waals surface area (Å²) in [6, 6.07) is 14.4. The number of piperidine rings is 1. The molecule has 0 bridgehead atoms. The van der Waals surface area contributed by atoms with E-state index in [4.69, 9.17) is 4.52 Å². The highest BCUT2D eigenvalue weighted by Gasteiger charge is 2.31. The maximum atomic E-state index is 13.6. The molecule has 5 rings (SSSR count). The van der Waals surface area contributed by atoms with E-state index in [9.17, 15) is 17.4 Å². The Labute approximate surface area is 220 Å². The lowest BCUT2D eigenvalue weighted by Gasteiger charge is -2.30. The molecule has 0 aliphatic carbocycles. The molecule has 2 aromatic carbocycles. The Bertz CT molecular complexity index is 1430. The number of likely N-dealkylation sites (tertiary alicyclic amines) is 1. The zero-order chi connectivity index (χ0) is 26.9. The molecule has 1 fully saturated rings. The Morgan fingerprint density at radius 2 is 1.87 bits per heavy atom. The number of rotatable bonds is 8. The summed E-state index contributed by atoms with van der Waals surface area (Å²) in [5.74, 6) is 0.320. The molecule has 0 radical (unpaired) electrons. The lowest BCUT2D eigenvalue weighted by molar-refractivity contribution is -0.139. The van der Waals surface area contributed by atoms with Crippen LogP contribution in [0.25, 0.3) is 22.5 Å². The van der Waals surface area contributed by atoms with Gasteiger partial charge in [-0.15, -0.1) is 0 Å². The second-order valence-electron chi connectivity index (χ2n) is 9.54. The van der Waals surface area contributed by atoms with Crippen LogP contribution in [0.1, 0.15) is 18.7 Å². The van der Waals surface area contributed by atoms with Crippen LogP contribution < -0.4 is 10.6 Å². The van der Waals surface area contributed by atoms with Gasteiger partial charge in [0.2, 0.25) is 0 Å². The van der Waals surface area contributed by atoms with Gasteiger partial charge in [-0.05, 0) is 75.4 Å². The van der Waals surface area contributed by atoms with Crippen molar-refractivity contribution in [2.45, 2.75) is 43.0 Å². The highest BCUT2D eigenvalue weighted by Crippen LogP contribution is 2.35. The van der Waals surface area contributed by atoms with Crippen LogP contribution in [0.3, 0.4) is 0 Å². The van der Waals surface area contributed by atoms with E-state index in [1.165, 1.54) is 4.57 Å². The monoisotopic (exact) mass is 546 g/mol. The molecule has 1 aliphatic heterocycles. The van der Waals surface area contributed by atoms with Gasteiger partial charge in [0.1, 0.15) is 12.2 Å². The number of anilines is 2. The standard InChI is InChI=1S/C26H29F3N6O2S/c1-34-12-10-18(11-13-34)31-21-4-3-5-22-20(21)14-23(35(22)16-26(27,28)29)25-32-24(33-37-25)15-30-17-6-8-19(9-7-17)38(2)36/h3-9,14,18,30-31H,10-13,15-16H2,1-2H3. The van der Waals surface area contributed by atoms with Gasteiger partial charge in [0.05, 0.1) is 12.1 Å². The Hall–Kier alpha value is -3.38. The molecule has 38 heavy (non-hydrogen) atoms. The van der Waals surface area contributed by atoms with Crippen LogP contribution in [0.15, 0.2) is 57.9 Å². The Morgan fingerprint density at radius 3 is 2.55 bits per heavy atom. The number of aromatic nitrogens is 3. The van der Waals surface area contributed by atoms with Crippen LogP contribution in [0, 0.1) is 0 Å². The lowest BCUT2D eigenvalue weighted by atomic mass is 10.0. The molecule has 4 aromatic rings. The van der Waals surface area contributed by atoms with E-state index in [1.54, 1.807) is 48.7 Å². The molecule has 2 aromatic heterocycles. The maximum absolute atomic E-state index is 13.6. The van der Waals surface area contributed by atoms with Crippen molar-refractivity contribution in [3.8, 4) is 11.6 Å². The summed E-state index contributed by atoms with van der Waals surface area (Å²) in [6.07, 6.45) is -0.907. The fourth-order valence-electron chi connectivity index (χ4n) is 4.69. The summed E-state index contributed by atoms with van der Waals surface area (Å²) < 4.78 is 59.0. The first-order valence-corrected chi connectivity index (χ1v) is 13.9. The molecule has 8 nitrogen and oxygen atoms in total. The number of hydrogen-bond donors (Lipinski definition) is 2. The number of nitrogens with one attached hydrogen (secondary N) is 2. The number of fused-ring (bicyclic) bond motifs is 1. The molecule has 0 spiro atoms. The number of hydrogen-bond acceptors (Lipinski definition) is 7. The topological polar surface area (TPSA) is 88.2 Å². The first-order chi connectivity index (χ1) is 18.2. The van der Waals surface area contributed by atoms with Crippen molar-refractivity contribution in [1.29, 1.82) is 0 Å². The second-order valence-corrected chi connectivity index (χ2v) is 10.9. The second kappa shape index (κ2) is 10.8. The van der Waals surface area contributed by atoms with Crippen molar-refractivity contribution in [2.75, 3.05) is 37.0 Å². The Morgan fingerprint density at radius 1 is 1.13 bits per heavy atom. The van der Waals surface area contributed by atoms with Crippen molar-refractivity contribution in [3.63, 3.8) is 0 Å². The van der Waals surface area contributed by atoms with Crippen LogP contribution in [0.4, 0.5) is 24.5 Å². The Balaban J connectivity index is 1.41. The van der Waals surface area contributed by atoms with Gasteiger partial charge in [0, 0.05) is 44.8 Å². The third kappa shape index (κ3) is 6.02. The zero-order valence-electron chi connectivity index (χ0n) is 21.1. The molecule has 12 heteroatoms. The third-order valence-electron chi connectivity index (χ3n) is 6.69. The fourth-order valence-corrected chi connectivity index (χ4v) is 5.20. The van der Waals surface area contributed by atoms with Gasteiger partial charge in [-0.1, -0.05) is 11.2 Å². The van der Waals surface area contributed by atoms with Crippen LogP contribution in [0.2, 0.25) is 0 Å². The lowest BCUT2D eigenvalue weighted by Crippen LogP contribution is -2.36. The van der Waals surface area contributed by atoms with Gasteiger partial charge >= 0.3 is 6.18 Å². The van der Waals surface area contributed by atoms with Crippen LogP contribution in [-0.4, -0.2) is 62.4 Å². The van der Waals surface area contributed by atoms with E-state index in [1.807, 2.05) is 6.07 Å². The summed E-state index contributed by atoms with van der Waals surface area (Å²) in [4.78, 5) is 7.35. The van der Waals surface area contributed by atoms with E-state index in [-0.39, 0.29) is 24.2 Å². The molecular weight excluding hydrogens is 517 g/mol. The minimum Gasteiger partial charge on any atom is -0.382 e. The Kier molecular flexibility index (Phi) is 7.44. The molecule has 1 atom stereocenters. The molecule has 1 unspecified atom stereocenters. The normalized spacial score (nSPS) is 16.1. The molecule has 0 amide bonds. The van der Waals surface area contributed by atoms with Crippen molar-refractivity contribution in [2.24, 2.45) is 0 Å². The summed E-state index contributed by atoms with van der Waals surface area (Å²) in [7, 11) is 1.01. The van der Waals surface area contributed by atoms with Crippen LogP contribution in [-0.2, 0) is 23.9 Å². The summed E-state index contributed by atoms with van der Waals surface area (Å²) in [5.41, 5.74) is 2.21. The summed E-state index contributed by atoms with van der Waals surface area (Å²) in [5, 5.41) is 11.3. The summed E-state index contributed by atoms with van der Waals surface area (Å²) >= 11 is 0. The number of nitrogens with zero attached hydrogens (tertiary/aromatic N) is 4. The predicted molar refractivity (Wildman–Crippen MR) is 142 cm³/mol. The highest BCUT2D eigenvalue weighted by molar-refractivity contribution is 7.84. The molecule has 2 N–H and O–H groups in total. The first-order valence-electron chi connectivity index (χ1n) is 12.3. The van der Waals surface area contributed by atoms with E-state index in [0.29, 0.717) is 21.6 Å².